The lowest BCUT2D eigenvalue weighted by Crippen LogP contribution is -2.23. The van der Waals surface area contributed by atoms with Gasteiger partial charge in [0.2, 0.25) is 5.82 Å². The van der Waals surface area contributed by atoms with Crippen molar-refractivity contribution in [3.05, 3.63) is 35.7 Å². The molecule has 1 aromatic carbocycles. The van der Waals surface area contributed by atoms with Gasteiger partial charge in [0, 0.05) is 6.54 Å². The lowest BCUT2D eigenvalue weighted by molar-refractivity contribution is 0.0931. The number of aryl methyl sites for hydroxylation is 1. The molecule has 29 heavy (non-hydrogen) atoms. The number of benzene rings is 1. The summed E-state index contributed by atoms with van der Waals surface area (Å²) < 4.78 is 29.8. The third kappa shape index (κ3) is 4.05. The lowest BCUT2D eigenvalue weighted by Gasteiger charge is -2.16. The van der Waals surface area contributed by atoms with Crippen molar-refractivity contribution in [2.75, 3.05) is 5.73 Å². The fourth-order valence-electron chi connectivity index (χ4n) is 2.99. The smallest absolute Gasteiger partial charge is 0.209 e. The molecule has 0 radical (unpaired) electrons. The van der Waals surface area contributed by atoms with Crippen LogP contribution >= 0.6 is 0 Å². The third-order valence-electron chi connectivity index (χ3n) is 4.81. The van der Waals surface area contributed by atoms with E-state index in [1.807, 2.05) is 20.8 Å². The molecule has 0 fully saturated rings. The predicted molar refractivity (Wildman–Crippen MR) is 108 cm³/mol. The van der Waals surface area contributed by atoms with Crippen molar-refractivity contribution in [2.24, 2.45) is 0 Å². The van der Waals surface area contributed by atoms with E-state index in [0.29, 0.717) is 37.0 Å². The average Bonchev–Trinajstić information content (AvgIpc) is 3.07. The second-order valence-corrected chi connectivity index (χ2v) is 6.80. The second kappa shape index (κ2) is 8.13. The quantitative estimate of drug-likeness (QED) is 0.639. The van der Waals surface area contributed by atoms with E-state index in [0.717, 1.165) is 18.2 Å². The molecule has 3 rings (SSSR count). The maximum Gasteiger partial charge on any atom is 0.209 e. The molecule has 152 valence electrons. The van der Waals surface area contributed by atoms with Crippen molar-refractivity contribution >= 4 is 17.0 Å². The Morgan fingerprint density at radius 1 is 1.14 bits per heavy atom. The number of rotatable bonds is 5. The van der Waals surface area contributed by atoms with Gasteiger partial charge in [0.05, 0.1) is 5.56 Å². The minimum absolute atomic E-state index is 0.0230. The fraction of sp³-hybridized carbons (Fsp3) is 0.381. The molecule has 0 amide bonds. The Kier molecular flexibility index (Phi) is 5.80. The normalized spacial score (nSPS) is 11.5. The molecule has 0 spiro atoms. The van der Waals surface area contributed by atoms with Crippen LogP contribution in [0.3, 0.4) is 0 Å². The number of fused-ring (bicyclic) bond motifs is 1. The molecule has 0 atom stereocenters. The van der Waals surface area contributed by atoms with Gasteiger partial charge in [-0.05, 0) is 43.4 Å². The predicted octanol–water partition coefficient (Wildman–Crippen LogP) is 3.67. The Bertz CT molecular complexity index is 1110. The van der Waals surface area contributed by atoms with Gasteiger partial charge in [-0.15, -0.1) is 0 Å². The number of nitrogen functional groups attached to an aromatic ring is 1. The van der Waals surface area contributed by atoms with E-state index in [2.05, 4.69) is 26.8 Å². The van der Waals surface area contributed by atoms with Gasteiger partial charge in [0.1, 0.15) is 23.1 Å². The number of imidazole rings is 1. The van der Waals surface area contributed by atoms with E-state index < -0.39 is 17.2 Å². The van der Waals surface area contributed by atoms with Crippen molar-refractivity contribution in [1.29, 1.82) is 0 Å². The molecule has 3 aromatic rings. The van der Waals surface area contributed by atoms with Crippen molar-refractivity contribution in [2.45, 2.75) is 52.2 Å². The molecule has 2 heterocycles. The Labute approximate surface area is 167 Å². The number of halogens is 2. The number of anilines is 1. The van der Waals surface area contributed by atoms with Gasteiger partial charge in [0.25, 0.3) is 0 Å². The number of nitrogens with two attached hydrogens (primary N) is 1. The first-order chi connectivity index (χ1) is 13.8. The summed E-state index contributed by atoms with van der Waals surface area (Å²) in [5.74, 6) is 4.86. The monoisotopic (exact) mass is 399 g/mol. The van der Waals surface area contributed by atoms with Gasteiger partial charge < -0.3 is 15.4 Å². The van der Waals surface area contributed by atoms with E-state index in [1.165, 1.54) is 0 Å². The number of nitrogens with zero attached hydrogens (tertiary/aromatic N) is 4. The standard InChI is InChI=1S/C21H23F2N5O/c1-4-11-28-19(14-12-13(22)7-8-15(14)23)27-17-18(24)25-16(26-20(17)28)9-10-21(29,5-2)6-3/h7-8,12,29H,4-6,11H2,1-3H3,(H2,24,25,26). The van der Waals surface area contributed by atoms with E-state index in [4.69, 9.17) is 5.73 Å². The maximum absolute atomic E-state index is 14.4. The Morgan fingerprint density at radius 3 is 2.52 bits per heavy atom. The first-order valence-corrected chi connectivity index (χ1v) is 9.56. The zero-order valence-corrected chi connectivity index (χ0v) is 16.6. The topological polar surface area (TPSA) is 89.9 Å². The summed E-state index contributed by atoms with van der Waals surface area (Å²) in [6.45, 7) is 6.10. The summed E-state index contributed by atoms with van der Waals surface area (Å²) >= 11 is 0. The number of hydrogen-bond acceptors (Lipinski definition) is 5. The van der Waals surface area contributed by atoms with Crippen molar-refractivity contribution in [3.8, 4) is 23.2 Å². The molecule has 0 saturated carbocycles. The fourth-order valence-corrected chi connectivity index (χ4v) is 2.99. The van der Waals surface area contributed by atoms with E-state index in [-0.39, 0.29) is 23.0 Å². The number of aromatic nitrogens is 4. The van der Waals surface area contributed by atoms with Crippen molar-refractivity contribution in [1.82, 2.24) is 19.5 Å². The average molecular weight is 399 g/mol. The van der Waals surface area contributed by atoms with Crippen LogP contribution in [0.5, 0.6) is 0 Å². The van der Waals surface area contributed by atoms with Gasteiger partial charge in [-0.2, -0.15) is 0 Å². The van der Waals surface area contributed by atoms with Gasteiger partial charge >= 0.3 is 0 Å². The highest BCUT2D eigenvalue weighted by Crippen LogP contribution is 2.29. The zero-order chi connectivity index (χ0) is 21.2. The largest absolute Gasteiger partial charge is 0.382 e. The lowest BCUT2D eigenvalue weighted by atomic mass is 9.98. The van der Waals surface area contributed by atoms with Crippen LogP contribution in [0, 0.1) is 23.5 Å². The van der Waals surface area contributed by atoms with Gasteiger partial charge in [0.15, 0.2) is 17.0 Å². The first-order valence-electron chi connectivity index (χ1n) is 9.56. The molecule has 0 saturated heterocycles. The van der Waals surface area contributed by atoms with Crippen LogP contribution in [0.2, 0.25) is 0 Å². The molecule has 0 unspecified atom stereocenters. The molecule has 6 nitrogen and oxygen atoms in total. The highest BCUT2D eigenvalue weighted by molar-refractivity contribution is 5.86. The summed E-state index contributed by atoms with van der Waals surface area (Å²) in [7, 11) is 0. The van der Waals surface area contributed by atoms with E-state index in [1.54, 1.807) is 4.57 Å². The summed E-state index contributed by atoms with van der Waals surface area (Å²) in [4.78, 5) is 13.0. The van der Waals surface area contributed by atoms with Gasteiger partial charge in [-0.3, -0.25) is 0 Å². The highest BCUT2D eigenvalue weighted by atomic mass is 19.1. The minimum atomic E-state index is -1.13. The molecular weight excluding hydrogens is 376 g/mol. The number of aliphatic hydroxyl groups is 1. The van der Waals surface area contributed by atoms with Crippen LogP contribution in [0.15, 0.2) is 18.2 Å². The molecule has 8 heteroatoms. The molecule has 0 aliphatic rings. The molecule has 2 aromatic heterocycles. The molecule has 0 aliphatic carbocycles. The van der Waals surface area contributed by atoms with Crippen LogP contribution in [-0.2, 0) is 6.54 Å². The van der Waals surface area contributed by atoms with Crippen LogP contribution in [0.1, 0.15) is 45.9 Å². The van der Waals surface area contributed by atoms with Gasteiger partial charge in [-0.1, -0.05) is 26.7 Å². The summed E-state index contributed by atoms with van der Waals surface area (Å²) in [6.07, 6.45) is 1.64. The molecule has 0 aliphatic heterocycles. The molecule has 0 bridgehead atoms. The SMILES string of the molecule is CCCn1c(-c2cc(F)ccc2F)nc2c(N)nc(C#CC(O)(CC)CC)nc21. The Hall–Kier alpha value is -3.05. The van der Waals surface area contributed by atoms with Gasteiger partial charge in [-0.25, -0.2) is 23.7 Å². The van der Waals surface area contributed by atoms with Crippen LogP contribution < -0.4 is 5.73 Å². The first kappa shape index (κ1) is 20.7. The summed E-state index contributed by atoms with van der Waals surface area (Å²) in [5.41, 5.74) is 5.63. The Morgan fingerprint density at radius 2 is 1.86 bits per heavy atom. The highest BCUT2D eigenvalue weighted by Gasteiger charge is 2.21. The van der Waals surface area contributed by atoms with E-state index >= 15 is 0 Å². The van der Waals surface area contributed by atoms with Crippen LogP contribution in [-0.4, -0.2) is 30.2 Å². The van der Waals surface area contributed by atoms with E-state index in [9.17, 15) is 13.9 Å². The number of hydrogen-bond donors (Lipinski definition) is 2. The van der Waals surface area contributed by atoms with Crippen molar-refractivity contribution < 1.29 is 13.9 Å². The molecule has 3 N–H and O–H groups in total. The minimum Gasteiger partial charge on any atom is -0.382 e. The molecular formula is C21H23F2N5O. The summed E-state index contributed by atoms with van der Waals surface area (Å²) in [5, 5.41) is 10.4. The maximum atomic E-state index is 14.4. The summed E-state index contributed by atoms with van der Waals surface area (Å²) in [6, 6.07) is 3.20. The third-order valence-corrected chi connectivity index (χ3v) is 4.81. The second-order valence-electron chi connectivity index (χ2n) is 6.80. The van der Waals surface area contributed by atoms with Crippen molar-refractivity contribution in [3.63, 3.8) is 0 Å². The Balaban J connectivity index is 2.22. The van der Waals surface area contributed by atoms with Crippen LogP contribution in [0.4, 0.5) is 14.6 Å². The zero-order valence-electron chi connectivity index (χ0n) is 16.6. The van der Waals surface area contributed by atoms with Crippen LogP contribution in [0.25, 0.3) is 22.6 Å².